The molecule has 0 spiro atoms. The van der Waals surface area contributed by atoms with Crippen molar-refractivity contribution in [3.63, 3.8) is 0 Å². The summed E-state index contributed by atoms with van der Waals surface area (Å²) in [5.74, 6) is 0. The van der Waals surface area contributed by atoms with Gasteiger partial charge < -0.3 is 15.5 Å². The molecule has 0 heterocycles. The molecule has 1 saturated carbocycles. The summed E-state index contributed by atoms with van der Waals surface area (Å²) in [6, 6.07) is 10.5. The van der Waals surface area contributed by atoms with E-state index in [4.69, 9.17) is 0 Å². The van der Waals surface area contributed by atoms with Crippen LogP contribution in [0.4, 0.5) is 4.79 Å². The number of rotatable bonds is 6. The van der Waals surface area contributed by atoms with Crippen molar-refractivity contribution in [2.45, 2.75) is 24.7 Å². The molecule has 1 aliphatic carbocycles. The first-order chi connectivity index (χ1) is 9.62. The number of hydrogen-bond acceptors (Lipinski definition) is 2. The maximum Gasteiger partial charge on any atom is 0.314 e. The van der Waals surface area contributed by atoms with Crippen molar-refractivity contribution in [3.8, 4) is 0 Å². The fourth-order valence-corrected chi connectivity index (χ4v) is 2.67. The maximum atomic E-state index is 11.8. The summed E-state index contributed by atoms with van der Waals surface area (Å²) in [5.41, 5.74) is 1.50. The van der Waals surface area contributed by atoms with Gasteiger partial charge in [-0.3, -0.25) is 0 Å². The number of urea groups is 1. The number of nitrogens with zero attached hydrogens (tertiary/aromatic N) is 1. The molecular formula is C16H25N3O. The SMILES string of the molecule is CN(C)CCNC(=O)NCC1(c2ccccc2)CCC1. The molecule has 20 heavy (non-hydrogen) atoms. The summed E-state index contributed by atoms with van der Waals surface area (Å²) < 4.78 is 0. The second-order valence-corrected chi connectivity index (χ2v) is 5.91. The van der Waals surface area contributed by atoms with E-state index >= 15 is 0 Å². The number of likely N-dealkylation sites (N-methyl/N-ethyl adjacent to an activating group) is 1. The Balaban J connectivity index is 1.81. The number of hydrogen-bond donors (Lipinski definition) is 2. The summed E-state index contributed by atoms with van der Waals surface area (Å²) in [6.07, 6.45) is 3.57. The summed E-state index contributed by atoms with van der Waals surface area (Å²) in [5, 5.41) is 5.92. The molecule has 1 aliphatic rings. The van der Waals surface area contributed by atoms with Crippen LogP contribution < -0.4 is 10.6 Å². The van der Waals surface area contributed by atoms with Gasteiger partial charge in [0.15, 0.2) is 0 Å². The highest BCUT2D eigenvalue weighted by molar-refractivity contribution is 5.74. The smallest absolute Gasteiger partial charge is 0.314 e. The highest BCUT2D eigenvalue weighted by atomic mass is 16.2. The van der Waals surface area contributed by atoms with Gasteiger partial charge in [-0.15, -0.1) is 0 Å². The van der Waals surface area contributed by atoms with Crippen molar-refractivity contribution in [1.29, 1.82) is 0 Å². The first-order valence-electron chi connectivity index (χ1n) is 7.34. The molecule has 0 aliphatic heterocycles. The molecule has 110 valence electrons. The zero-order valence-corrected chi connectivity index (χ0v) is 12.5. The number of nitrogens with one attached hydrogen (secondary N) is 2. The van der Waals surface area contributed by atoms with Gasteiger partial charge in [0.25, 0.3) is 0 Å². The van der Waals surface area contributed by atoms with Crippen molar-refractivity contribution in [1.82, 2.24) is 15.5 Å². The number of amides is 2. The van der Waals surface area contributed by atoms with Gasteiger partial charge in [0, 0.05) is 25.0 Å². The molecule has 0 bridgehead atoms. The van der Waals surface area contributed by atoms with Crippen molar-refractivity contribution in [2.24, 2.45) is 0 Å². The maximum absolute atomic E-state index is 11.8. The zero-order chi connectivity index (χ0) is 14.4. The summed E-state index contributed by atoms with van der Waals surface area (Å²) in [6.45, 7) is 2.26. The van der Waals surface area contributed by atoms with E-state index in [0.717, 1.165) is 25.9 Å². The van der Waals surface area contributed by atoms with Gasteiger partial charge in [-0.25, -0.2) is 4.79 Å². The second-order valence-electron chi connectivity index (χ2n) is 5.91. The van der Waals surface area contributed by atoms with Gasteiger partial charge >= 0.3 is 6.03 Å². The van der Waals surface area contributed by atoms with Crippen LogP contribution in [0.5, 0.6) is 0 Å². The minimum Gasteiger partial charge on any atom is -0.337 e. The molecule has 0 atom stereocenters. The Morgan fingerprint density at radius 3 is 2.45 bits per heavy atom. The number of carbonyl (C=O) groups excluding carboxylic acids is 1. The molecule has 4 heteroatoms. The van der Waals surface area contributed by atoms with Crippen LogP contribution in [0.25, 0.3) is 0 Å². The van der Waals surface area contributed by atoms with E-state index < -0.39 is 0 Å². The third-order valence-electron chi connectivity index (χ3n) is 4.13. The summed E-state index contributed by atoms with van der Waals surface area (Å²) in [7, 11) is 4.00. The molecule has 2 rings (SSSR count). The average molecular weight is 275 g/mol. The molecular weight excluding hydrogens is 250 g/mol. The fourth-order valence-electron chi connectivity index (χ4n) is 2.67. The van der Waals surface area contributed by atoms with E-state index in [9.17, 15) is 4.79 Å². The molecule has 1 aromatic rings. The summed E-state index contributed by atoms with van der Waals surface area (Å²) in [4.78, 5) is 13.9. The van der Waals surface area contributed by atoms with Crippen LogP contribution in [0.15, 0.2) is 30.3 Å². The van der Waals surface area contributed by atoms with E-state index in [2.05, 4.69) is 39.8 Å². The van der Waals surface area contributed by atoms with E-state index in [1.54, 1.807) is 0 Å². The largest absolute Gasteiger partial charge is 0.337 e. The Morgan fingerprint density at radius 1 is 1.20 bits per heavy atom. The van der Waals surface area contributed by atoms with Gasteiger partial charge in [-0.2, -0.15) is 0 Å². The van der Waals surface area contributed by atoms with E-state index in [1.807, 2.05) is 20.2 Å². The van der Waals surface area contributed by atoms with Crippen molar-refractivity contribution in [2.75, 3.05) is 33.7 Å². The fraction of sp³-hybridized carbons (Fsp3) is 0.562. The average Bonchev–Trinajstić information content (AvgIpc) is 2.38. The second kappa shape index (κ2) is 6.75. The number of carbonyl (C=O) groups is 1. The van der Waals surface area contributed by atoms with Crippen LogP contribution >= 0.6 is 0 Å². The van der Waals surface area contributed by atoms with Crippen molar-refractivity contribution in [3.05, 3.63) is 35.9 Å². The lowest BCUT2D eigenvalue weighted by atomic mass is 9.64. The molecule has 2 N–H and O–H groups in total. The minimum absolute atomic E-state index is 0.0611. The Labute approximate surface area is 121 Å². The van der Waals surface area contributed by atoms with Crippen molar-refractivity contribution >= 4 is 6.03 Å². The molecule has 0 radical (unpaired) electrons. The normalized spacial score (nSPS) is 16.6. The quantitative estimate of drug-likeness (QED) is 0.833. The minimum atomic E-state index is -0.0611. The molecule has 2 amide bonds. The topological polar surface area (TPSA) is 44.4 Å². The Hall–Kier alpha value is -1.55. The first kappa shape index (κ1) is 14.9. The zero-order valence-electron chi connectivity index (χ0n) is 12.5. The van der Waals surface area contributed by atoms with E-state index in [0.29, 0.717) is 6.54 Å². The molecule has 1 aromatic carbocycles. The molecule has 0 aromatic heterocycles. The molecule has 1 fully saturated rings. The lowest BCUT2D eigenvalue weighted by Gasteiger charge is -2.42. The van der Waals surface area contributed by atoms with E-state index in [-0.39, 0.29) is 11.4 Å². The summed E-state index contributed by atoms with van der Waals surface area (Å²) >= 11 is 0. The third-order valence-corrected chi connectivity index (χ3v) is 4.13. The standard InChI is InChI=1S/C16H25N3O/c1-19(2)12-11-17-15(20)18-13-16(9-6-10-16)14-7-4-3-5-8-14/h3-5,7-8H,6,9-13H2,1-2H3,(H2,17,18,20). The van der Waals surface area contributed by atoms with Gasteiger partial charge in [-0.05, 0) is 32.5 Å². The van der Waals surface area contributed by atoms with Crippen molar-refractivity contribution < 1.29 is 4.79 Å². The molecule has 0 saturated heterocycles. The van der Waals surface area contributed by atoms with Gasteiger partial charge in [0.2, 0.25) is 0 Å². The lowest BCUT2D eigenvalue weighted by Crippen LogP contribution is -2.48. The number of benzene rings is 1. The van der Waals surface area contributed by atoms with Crippen LogP contribution in [0.2, 0.25) is 0 Å². The van der Waals surface area contributed by atoms with Crippen LogP contribution in [-0.4, -0.2) is 44.7 Å². The van der Waals surface area contributed by atoms with Gasteiger partial charge in [-0.1, -0.05) is 36.8 Å². The first-order valence-corrected chi connectivity index (χ1v) is 7.34. The monoisotopic (exact) mass is 275 g/mol. The van der Waals surface area contributed by atoms with E-state index in [1.165, 1.54) is 12.0 Å². The molecule has 4 nitrogen and oxygen atoms in total. The lowest BCUT2D eigenvalue weighted by molar-refractivity contribution is 0.214. The highest BCUT2D eigenvalue weighted by Gasteiger charge is 2.38. The third kappa shape index (κ3) is 3.73. The van der Waals surface area contributed by atoms with Crippen LogP contribution in [0, 0.1) is 0 Å². The highest BCUT2D eigenvalue weighted by Crippen LogP contribution is 2.42. The predicted molar refractivity (Wildman–Crippen MR) is 81.9 cm³/mol. The Kier molecular flexibility index (Phi) is 5.01. The molecule has 0 unspecified atom stereocenters. The predicted octanol–water partition coefficient (Wildman–Crippen LogP) is 1.97. The van der Waals surface area contributed by atoms with Crippen LogP contribution in [0.1, 0.15) is 24.8 Å². The van der Waals surface area contributed by atoms with Gasteiger partial charge in [0.1, 0.15) is 0 Å². The van der Waals surface area contributed by atoms with Gasteiger partial charge in [0.05, 0.1) is 0 Å². The Morgan fingerprint density at radius 2 is 1.90 bits per heavy atom. The van der Waals surface area contributed by atoms with Crippen LogP contribution in [-0.2, 0) is 5.41 Å². The Bertz CT molecular complexity index is 427. The van der Waals surface area contributed by atoms with Crippen LogP contribution in [0.3, 0.4) is 0 Å².